The van der Waals surface area contributed by atoms with Crippen molar-refractivity contribution < 1.29 is 9.53 Å². The number of guanidine groups is 1. The fourth-order valence-electron chi connectivity index (χ4n) is 3.14. The summed E-state index contributed by atoms with van der Waals surface area (Å²) in [6.45, 7) is 12.8. The van der Waals surface area contributed by atoms with Gasteiger partial charge in [-0.3, -0.25) is 4.99 Å². The van der Waals surface area contributed by atoms with Crippen molar-refractivity contribution in [1.29, 1.82) is 0 Å². The maximum atomic E-state index is 11.9. The molecule has 1 fully saturated rings. The van der Waals surface area contributed by atoms with Crippen LogP contribution in [0.5, 0.6) is 0 Å². The van der Waals surface area contributed by atoms with Crippen LogP contribution < -0.4 is 16.0 Å². The summed E-state index contributed by atoms with van der Waals surface area (Å²) < 4.78 is 5.35. The maximum absolute atomic E-state index is 11.9. The van der Waals surface area contributed by atoms with Crippen LogP contribution in [0.15, 0.2) is 10.4 Å². The summed E-state index contributed by atoms with van der Waals surface area (Å²) in [5, 5.41) is 13.0. The zero-order valence-electron chi connectivity index (χ0n) is 18.9. The quantitative estimate of drug-likeness (QED) is 0.504. The summed E-state index contributed by atoms with van der Waals surface area (Å²) >= 11 is 1.68. The van der Waals surface area contributed by atoms with Crippen molar-refractivity contribution in [1.82, 2.24) is 20.9 Å². The molecule has 1 aromatic rings. The van der Waals surface area contributed by atoms with Crippen molar-refractivity contribution in [2.24, 2.45) is 4.99 Å². The molecular weight excluding hydrogens is 386 g/mol. The molecule has 3 N–H and O–H groups in total. The molecule has 0 atom stereocenters. The van der Waals surface area contributed by atoms with E-state index < -0.39 is 5.60 Å². The number of aliphatic imine (C=N–C) groups is 1. The third-order valence-corrected chi connectivity index (χ3v) is 5.59. The number of rotatable bonds is 4. The van der Waals surface area contributed by atoms with Crippen molar-refractivity contribution in [3.63, 3.8) is 0 Å². The minimum atomic E-state index is -0.466. The molecule has 2 rings (SSSR count). The van der Waals surface area contributed by atoms with Gasteiger partial charge >= 0.3 is 6.09 Å². The zero-order chi connectivity index (χ0) is 21.7. The molecule has 7 nitrogen and oxygen atoms in total. The lowest BCUT2D eigenvalue weighted by molar-refractivity contribution is 0.0490. The van der Waals surface area contributed by atoms with Gasteiger partial charge in [0.25, 0.3) is 0 Å². The largest absolute Gasteiger partial charge is 0.444 e. The number of carbonyl (C=O) groups is 1. The number of carbonyl (C=O) groups excluding carboxylic acids is 1. The molecule has 8 heteroatoms. The molecule has 0 bridgehead atoms. The van der Waals surface area contributed by atoms with E-state index in [1.54, 1.807) is 18.4 Å². The van der Waals surface area contributed by atoms with Crippen LogP contribution >= 0.6 is 11.3 Å². The minimum absolute atomic E-state index is 0.0701. The molecule has 1 heterocycles. The van der Waals surface area contributed by atoms with Gasteiger partial charge in [0.05, 0.1) is 12.2 Å². The normalized spacial score (nSPS) is 20.9. The molecule has 29 heavy (non-hydrogen) atoms. The SMILES string of the molecule is CN=C(NCc1nc(C(C)(C)C)cs1)NC1CCC(NC(=O)OC(C)(C)C)CC1. The Kier molecular flexibility index (Phi) is 7.91. The predicted molar refractivity (Wildman–Crippen MR) is 120 cm³/mol. The average Bonchev–Trinajstić information content (AvgIpc) is 3.08. The Bertz CT molecular complexity index is 695. The van der Waals surface area contributed by atoms with E-state index in [0.717, 1.165) is 42.3 Å². The highest BCUT2D eigenvalue weighted by molar-refractivity contribution is 7.09. The fourth-order valence-corrected chi connectivity index (χ4v) is 4.10. The number of aromatic nitrogens is 1. The molecule has 1 aliphatic rings. The molecule has 1 aromatic heterocycles. The van der Waals surface area contributed by atoms with Gasteiger partial charge in [0.1, 0.15) is 10.6 Å². The van der Waals surface area contributed by atoms with Gasteiger partial charge in [0, 0.05) is 29.9 Å². The van der Waals surface area contributed by atoms with Crippen LogP contribution in [0.4, 0.5) is 4.79 Å². The second-order valence-corrected chi connectivity index (χ2v) is 10.6. The third-order valence-electron chi connectivity index (χ3n) is 4.74. The Balaban J connectivity index is 1.74. The molecule has 0 saturated heterocycles. The average molecular weight is 424 g/mol. The van der Waals surface area contributed by atoms with Crippen LogP contribution in [0.1, 0.15) is 77.9 Å². The van der Waals surface area contributed by atoms with Gasteiger partial charge in [0.15, 0.2) is 5.96 Å². The van der Waals surface area contributed by atoms with Gasteiger partial charge < -0.3 is 20.7 Å². The summed E-state index contributed by atoms with van der Waals surface area (Å²) in [7, 11) is 1.79. The van der Waals surface area contributed by atoms with E-state index >= 15 is 0 Å². The molecule has 0 aliphatic heterocycles. The Morgan fingerprint density at radius 1 is 1.14 bits per heavy atom. The molecule has 164 valence electrons. The van der Waals surface area contributed by atoms with Gasteiger partial charge in [-0.2, -0.15) is 0 Å². The van der Waals surface area contributed by atoms with Crippen LogP contribution in [0.3, 0.4) is 0 Å². The molecule has 1 saturated carbocycles. The van der Waals surface area contributed by atoms with E-state index in [-0.39, 0.29) is 17.6 Å². The number of nitrogens with zero attached hydrogens (tertiary/aromatic N) is 2. The monoisotopic (exact) mass is 423 g/mol. The van der Waals surface area contributed by atoms with E-state index in [1.807, 2.05) is 20.8 Å². The Morgan fingerprint density at radius 2 is 1.72 bits per heavy atom. The number of nitrogens with one attached hydrogen (secondary N) is 3. The Hall–Kier alpha value is -1.83. The van der Waals surface area contributed by atoms with Gasteiger partial charge in [-0.1, -0.05) is 20.8 Å². The first-order valence-corrected chi connectivity index (χ1v) is 11.3. The molecule has 1 aliphatic carbocycles. The van der Waals surface area contributed by atoms with Gasteiger partial charge in [-0.25, -0.2) is 9.78 Å². The first-order valence-electron chi connectivity index (χ1n) is 10.4. The molecule has 0 unspecified atom stereocenters. The molecule has 0 radical (unpaired) electrons. The van der Waals surface area contributed by atoms with Crippen LogP contribution in [-0.4, -0.2) is 41.8 Å². The molecule has 0 aromatic carbocycles. The maximum Gasteiger partial charge on any atom is 0.407 e. The number of thiazole rings is 1. The lowest BCUT2D eigenvalue weighted by Gasteiger charge is -2.31. The van der Waals surface area contributed by atoms with E-state index in [2.05, 4.69) is 47.1 Å². The van der Waals surface area contributed by atoms with E-state index in [1.165, 1.54) is 0 Å². The van der Waals surface area contributed by atoms with Crippen LogP contribution in [0.2, 0.25) is 0 Å². The number of alkyl carbamates (subject to hydrolysis) is 1. The number of ether oxygens (including phenoxy) is 1. The number of hydrogen-bond acceptors (Lipinski definition) is 5. The van der Waals surface area contributed by atoms with Gasteiger partial charge in [-0.15, -0.1) is 11.3 Å². The van der Waals surface area contributed by atoms with Gasteiger partial charge in [-0.05, 0) is 46.5 Å². The summed E-state index contributed by atoms with van der Waals surface area (Å²) in [5.41, 5.74) is 0.727. The fraction of sp³-hybridized carbons (Fsp3) is 0.762. The smallest absolute Gasteiger partial charge is 0.407 e. The summed E-state index contributed by atoms with van der Waals surface area (Å²) in [6, 6.07) is 0.517. The molecule has 0 spiro atoms. The predicted octanol–water partition coefficient (Wildman–Crippen LogP) is 3.94. The molecular formula is C21H37N5O2S. The lowest BCUT2D eigenvalue weighted by atomic mass is 9.91. The highest BCUT2D eigenvalue weighted by atomic mass is 32.1. The highest BCUT2D eigenvalue weighted by Crippen LogP contribution is 2.24. The standard InChI is InChI=1S/C21H37N5O2S/c1-20(2,3)16-13-29-17(26-16)12-23-18(22-7)24-14-8-10-15(11-9-14)25-19(27)28-21(4,5)6/h13-15H,8-12H2,1-7H3,(H,25,27)(H2,22,23,24). The van der Waals surface area contributed by atoms with Crippen molar-refractivity contribution in [2.75, 3.05) is 7.05 Å². The minimum Gasteiger partial charge on any atom is -0.444 e. The Morgan fingerprint density at radius 3 is 2.21 bits per heavy atom. The van der Waals surface area contributed by atoms with Crippen molar-refractivity contribution >= 4 is 23.4 Å². The third kappa shape index (κ3) is 8.20. The second-order valence-electron chi connectivity index (χ2n) is 9.64. The summed E-state index contributed by atoms with van der Waals surface area (Å²) in [6.07, 6.45) is 3.48. The topological polar surface area (TPSA) is 87.6 Å². The summed E-state index contributed by atoms with van der Waals surface area (Å²) in [4.78, 5) is 21.0. The number of amides is 1. The first-order chi connectivity index (χ1) is 13.5. The lowest BCUT2D eigenvalue weighted by Crippen LogP contribution is -2.47. The van der Waals surface area contributed by atoms with Crippen LogP contribution in [0, 0.1) is 0 Å². The van der Waals surface area contributed by atoms with Gasteiger partial charge in [0.2, 0.25) is 0 Å². The number of hydrogen-bond donors (Lipinski definition) is 3. The van der Waals surface area contributed by atoms with Crippen LogP contribution in [0.25, 0.3) is 0 Å². The zero-order valence-corrected chi connectivity index (χ0v) is 19.7. The van der Waals surface area contributed by atoms with Crippen molar-refractivity contribution in [3.05, 3.63) is 16.1 Å². The Labute approximate surface area is 179 Å². The van der Waals surface area contributed by atoms with Crippen LogP contribution in [-0.2, 0) is 16.7 Å². The van der Waals surface area contributed by atoms with Crippen molar-refractivity contribution in [2.45, 2.75) is 96.9 Å². The molecule has 1 amide bonds. The van der Waals surface area contributed by atoms with E-state index in [9.17, 15) is 4.79 Å². The second kappa shape index (κ2) is 9.78. The van der Waals surface area contributed by atoms with Crippen molar-refractivity contribution in [3.8, 4) is 0 Å². The van der Waals surface area contributed by atoms with E-state index in [0.29, 0.717) is 12.6 Å². The highest BCUT2D eigenvalue weighted by Gasteiger charge is 2.25. The summed E-state index contributed by atoms with van der Waals surface area (Å²) in [5.74, 6) is 0.793. The first kappa shape index (κ1) is 23.4. The van der Waals surface area contributed by atoms with E-state index in [4.69, 9.17) is 9.72 Å².